The standard InChI is InChI=1S/C14H8BrClF2O/c15-9-2-3-10(11(16)7-9)14(19)6-8-1-4-12(17)13(18)5-8/h1-5,7H,6H2. The van der Waals surface area contributed by atoms with Crippen LogP contribution in [-0.4, -0.2) is 5.78 Å². The zero-order valence-electron chi connectivity index (χ0n) is 9.59. The van der Waals surface area contributed by atoms with Gasteiger partial charge in [0.05, 0.1) is 5.02 Å². The SMILES string of the molecule is O=C(Cc1ccc(F)c(F)c1)c1ccc(Br)cc1Cl. The molecule has 19 heavy (non-hydrogen) atoms. The molecule has 0 amide bonds. The zero-order valence-corrected chi connectivity index (χ0v) is 11.9. The van der Waals surface area contributed by atoms with E-state index in [9.17, 15) is 13.6 Å². The minimum Gasteiger partial charge on any atom is -0.294 e. The van der Waals surface area contributed by atoms with E-state index in [0.717, 1.165) is 16.6 Å². The molecule has 0 aliphatic heterocycles. The van der Waals surface area contributed by atoms with Crippen LogP contribution in [-0.2, 0) is 6.42 Å². The Hall–Kier alpha value is -1.26. The number of rotatable bonds is 3. The lowest BCUT2D eigenvalue weighted by atomic mass is 10.0. The summed E-state index contributed by atoms with van der Waals surface area (Å²) in [4.78, 5) is 12.0. The molecular weight excluding hydrogens is 338 g/mol. The van der Waals surface area contributed by atoms with Crippen molar-refractivity contribution in [2.24, 2.45) is 0 Å². The number of hydrogen-bond acceptors (Lipinski definition) is 1. The number of carbonyl (C=O) groups excluding carboxylic acids is 1. The van der Waals surface area contributed by atoms with Crippen molar-refractivity contribution in [2.45, 2.75) is 6.42 Å². The molecule has 0 aliphatic rings. The van der Waals surface area contributed by atoms with Gasteiger partial charge in [0.25, 0.3) is 0 Å². The number of ketones is 1. The third kappa shape index (κ3) is 3.39. The Bertz CT molecular complexity index is 643. The maximum Gasteiger partial charge on any atom is 0.168 e. The lowest BCUT2D eigenvalue weighted by Crippen LogP contribution is -2.05. The molecule has 0 aliphatic carbocycles. The fraction of sp³-hybridized carbons (Fsp3) is 0.0714. The number of hydrogen-bond donors (Lipinski definition) is 0. The van der Waals surface area contributed by atoms with Crippen LogP contribution >= 0.6 is 27.5 Å². The van der Waals surface area contributed by atoms with Gasteiger partial charge in [-0.3, -0.25) is 4.79 Å². The molecular formula is C14H8BrClF2O. The Kier molecular flexibility index (Phi) is 4.32. The van der Waals surface area contributed by atoms with E-state index in [0.29, 0.717) is 16.1 Å². The van der Waals surface area contributed by atoms with E-state index in [1.54, 1.807) is 18.2 Å². The first kappa shape index (κ1) is 14.2. The van der Waals surface area contributed by atoms with E-state index < -0.39 is 11.6 Å². The molecule has 2 aromatic carbocycles. The van der Waals surface area contributed by atoms with Gasteiger partial charge in [0.15, 0.2) is 17.4 Å². The van der Waals surface area contributed by atoms with E-state index in [-0.39, 0.29) is 12.2 Å². The lowest BCUT2D eigenvalue weighted by molar-refractivity contribution is 0.0993. The molecule has 0 saturated carbocycles. The van der Waals surface area contributed by atoms with Gasteiger partial charge in [0, 0.05) is 16.5 Å². The second-order valence-corrected chi connectivity index (χ2v) is 5.30. The Morgan fingerprint density at radius 3 is 2.47 bits per heavy atom. The molecule has 2 rings (SSSR count). The normalized spacial score (nSPS) is 10.5. The van der Waals surface area contributed by atoms with Gasteiger partial charge in [-0.2, -0.15) is 0 Å². The molecule has 0 heterocycles. The van der Waals surface area contributed by atoms with Gasteiger partial charge in [0.2, 0.25) is 0 Å². The monoisotopic (exact) mass is 344 g/mol. The lowest BCUT2D eigenvalue weighted by Gasteiger charge is -2.05. The van der Waals surface area contributed by atoms with E-state index in [4.69, 9.17) is 11.6 Å². The molecule has 5 heteroatoms. The second-order valence-electron chi connectivity index (χ2n) is 3.97. The summed E-state index contributed by atoms with van der Waals surface area (Å²) in [6.45, 7) is 0. The van der Waals surface area contributed by atoms with E-state index in [2.05, 4.69) is 15.9 Å². The van der Waals surface area contributed by atoms with Crippen LogP contribution in [0.1, 0.15) is 15.9 Å². The van der Waals surface area contributed by atoms with Gasteiger partial charge < -0.3 is 0 Å². The van der Waals surface area contributed by atoms with Crippen molar-refractivity contribution in [3.05, 3.63) is 68.7 Å². The van der Waals surface area contributed by atoms with Gasteiger partial charge in [0.1, 0.15) is 0 Å². The second kappa shape index (κ2) is 5.80. The minimum atomic E-state index is -0.966. The van der Waals surface area contributed by atoms with Crippen LogP contribution in [0.2, 0.25) is 5.02 Å². The van der Waals surface area contributed by atoms with Gasteiger partial charge >= 0.3 is 0 Å². The van der Waals surface area contributed by atoms with Crippen LogP contribution in [0.15, 0.2) is 40.9 Å². The van der Waals surface area contributed by atoms with Crippen molar-refractivity contribution in [1.29, 1.82) is 0 Å². The highest BCUT2D eigenvalue weighted by Gasteiger charge is 2.12. The highest BCUT2D eigenvalue weighted by Crippen LogP contribution is 2.23. The highest BCUT2D eigenvalue weighted by molar-refractivity contribution is 9.10. The molecule has 0 saturated heterocycles. The number of Topliss-reactive ketones (excluding diaryl/α,β-unsaturated/α-hetero) is 1. The van der Waals surface area contributed by atoms with Crippen LogP contribution in [0.4, 0.5) is 8.78 Å². The third-order valence-corrected chi connectivity index (χ3v) is 3.39. The Balaban J connectivity index is 2.23. The summed E-state index contributed by atoms with van der Waals surface area (Å²) in [6, 6.07) is 8.29. The molecule has 0 radical (unpaired) electrons. The van der Waals surface area contributed by atoms with Crippen molar-refractivity contribution < 1.29 is 13.6 Å². The fourth-order valence-electron chi connectivity index (χ4n) is 1.65. The fourth-order valence-corrected chi connectivity index (χ4v) is 2.42. The van der Waals surface area contributed by atoms with Gasteiger partial charge in [-0.25, -0.2) is 8.78 Å². The van der Waals surface area contributed by atoms with Crippen LogP contribution in [0, 0.1) is 11.6 Å². The van der Waals surface area contributed by atoms with Crippen molar-refractivity contribution in [2.75, 3.05) is 0 Å². The average molecular weight is 346 g/mol. The van der Waals surface area contributed by atoms with Gasteiger partial charge in [-0.15, -0.1) is 0 Å². The minimum absolute atomic E-state index is 0.0292. The highest BCUT2D eigenvalue weighted by atomic mass is 79.9. The molecule has 98 valence electrons. The summed E-state index contributed by atoms with van der Waals surface area (Å²) in [5.41, 5.74) is 0.762. The summed E-state index contributed by atoms with van der Waals surface area (Å²) in [5.74, 6) is -2.14. The summed E-state index contributed by atoms with van der Waals surface area (Å²) >= 11 is 9.20. The Morgan fingerprint density at radius 2 is 1.84 bits per heavy atom. The van der Waals surface area contributed by atoms with Crippen molar-refractivity contribution in [3.8, 4) is 0 Å². The molecule has 0 unspecified atom stereocenters. The molecule has 0 fully saturated rings. The molecule has 0 aromatic heterocycles. The smallest absolute Gasteiger partial charge is 0.168 e. The summed E-state index contributed by atoms with van der Waals surface area (Å²) < 4.78 is 26.6. The van der Waals surface area contributed by atoms with E-state index in [1.807, 2.05) is 0 Å². The van der Waals surface area contributed by atoms with Crippen LogP contribution in [0.25, 0.3) is 0 Å². The van der Waals surface area contributed by atoms with Crippen molar-refractivity contribution in [3.63, 3.8) is 0 Å². The summed E-state index contributed by atoms with van der Waals surface area (Å²) in [7, 11) is 0. The molecule has 0 spiro atoms. The van der Waals surface area contributed by atoms with Crippen LogP contribution in [0.5, 0.6) is 0 Å². The topological polar surface area (TPSA) is 17.1 Å². The van der Waals surface area contributed by atoms with Crippen molar-refractivity contribution in [1.82, 2.24) is 0 Å². The van der Waals surface area contributed by atoms with Gasteiger partial charge in [-0.05, 0) is 35.9 Å². The van der Waals surface area contributed by atoms with E-state index in [1.165, 1.54) is 6.07 Å². The molecule has 1 nitrogen and oxygen atoms in total. The quantitative estimate of drug-likeness (QED) is 0.730. The third-order valence-electron chi connectivity index (χ3n) is 2.58. The largest absolute Gasteiger partial charge is 0.294 e. The number of carbonyl (C=O) groups is 1. The van der Waals surface area contributed by atoms with Crippen LogP contribution in [0.3, 0.4) is 0 Å². The Morgan fingerprint density at radius 1 is 1.11 bits per heavy atom. The summed E-state index contributed by atoms with van der Waals surface area (Å²) in [5, 5.41) is 0.321. The predicted molar refractivity (Wildman–Crippen MR) is 73.5 cm³/mol. The summed E-state index contributed by atoms with van der Waals surface area (Å²) in [6.07, 6.45) is -0.0292. The zero-order chi connectivity index (χ0) is 14.0. The number of benzene rings is 2. The Labute approximate surface area is 122 Å². The van der Waals surface area contributed by atoms with Gasteiger partial charge in [-0.1, -0.05) is 33.6 Å². The van der Waals surface area contributed by atoms with Crippen molar-refractivity contribution >= 4 is 33.3 Å². The molecule has 0 atom stereocenters. The first-order valence-electron chi connectivity index (χ1n) is 5.39. The average Bonchev–Trinajstić information content (AvgIpc) is 2.33. The van der Waals surface area contributed by atoms with E-state index >= 15 is 0 Å². The first-order chi connectivity index (χ1) is 8.97. The first-order valence-corrected chi connectivity index (χ1v) is 6.56. The molecule has 2 aromatic rings. The molecule has 0 N–H and O–H groups in total. The van der Waals surface area contributed by atoms with Crippen LogP contribution < -0.4 is 0 Å². The predicted octanol–water partition coefficient (Wildman–Crippen LogP) is 4.81. The maximum atomic E-state index is 13.0. The number of halogens is 4. The molecule has 0 bridgehead atoms. The maximum absolute atomic E-state index is 13.0.